The molecule has 1 heterocycles. The first-order valence-electron chi connectivity index (χ1n) is 13.9. The lowest BCUT2D eigenvalue weighted by Gasteiger charge is -2.16. The van der Waals surface area contributed by atoms with Crippen LogP contribution in [0.15, 0.2) is 76.3 Å². The zero-order chi connectivity index (χ0) is 32.0. The van der Waals surface area contributed by atoms with Crippen LogP contribution in [0, 0.1) is 5.92 Å². The number of rotatable bonds is 11. The number of hydrogen-bond acceptors (Lipinski definition) is 9. The van der Waals surface area contributed by atoms with Crippen molar-refractivity contribution in [3.05, 3.63) is 110 Å². The number of methoxy groups -OCH3 is 1. The zero-order valence-electron chi connectivity index (χ0n) is 24.8. The van der Waals surface area contributed by atoms with Crippen LogP contribution in [0.1, 0.15) is 58.7 Å². The highest BCUT2D eigenvalue weighted by Gasteiger charge is 2.20. The molecule has 0 radical (unpaired) electrons. The van der Waals surface area contributed by atoms with E-state index in [1.165, 1.54) is 30.3 Å². The Labute approximate surface area is 252 Å². The summed E-state index contributed by atoms with van der Waals surface area (Å²) >= 11 is 0. The minimum atomic E-state index is -0.829. The number of hydrogen-bond donors (Lipinski definition) is 3. The van der Waals surface area contributed by atoms with Gasteiger partial charge in [-0.05, 0) is 66.4 Å². The summed E-state index contributed by atoms with van der Waals surface area (Å²) in [6.45, 7) is 4.89. The van der Waals surface area contributed by atoms with Gasteiger partial charge in [0.25, 0.3) is 11.5 Å². The molecular weight excluding hydrogens is 568 g/mol. The molecule has 0 bridgehead atoms. The van der Waals surface area contributed by atoms with E-state index in [1.54, 1.807) is 52.1 Å². The van der Waals surface area contributed by atoms with Gasteiger partial charge in [-0.1, -0.05) is 38.1 Å². The highest BCUT2D eigenvalue weighted by molar-refractivity contribution is 5.97. The van der Waals surface area contributed by atoms with Crippen molar-refractivity contribution in [1.29, 1.82) is 0 Å². The number of nitrogens with two attached hydrogens (primary N) is 1. The summed E-state index contributed by atoms with van der Waals surface area (Å²) in [7, 11) is 1.57. The Bertz CT molecular complexity index is 1780. The Hall–Kier alpha value is -5.23. The molecule has 230 valence electrons. The average Bonchev–Trinajstić information content (AvgIpc) is 3.03. The van der Waals surface area contributed by atoms with Gasteiger partial charge in [-0.15, -0.1) is 0 Å². The fraction of sp³-hybridized carbons (Fsp3) is 0.281. The lowest BCUT2D eigenvalue weighted by atomic mass is 10.1. The van der Waals surface area contributed by atoms with Crippen LogP contribution in [0.5, 0.6) is 5.75 Å². The molecule has 0 aliphatic carbocycles. The first-order chi connectivity index (χ1) is 21.0. The monoisotopic (exact) mass is 602 g/mol. The third-order valence-corrected chi connectivity index (χ3v) is 7.20. The van der Waals surface area contributed by atoms with Crippen molar-refractivity contribution in [3.8, 4) is 5.75 Å². The summed E-state index contributed by atoms with van der Waals surface area (Å²) in [5.74, 6) is -1.21. The predicted octanol–water partition coefficient (Wildman–Crippen LogP) is 2.88. The molecule has 4 rings (SSSR count). The molecule has 12 heteroatoms. The maximum absolute atomic E-state index is 13.5. The van der Waals surface area contributed by atoms with Crippen LogP contribution in [0.3, 0.4) is 0 Å². The summed E-state index contributed by atoms with van der Waals surface area (Å²) in [4.78, 5) is 66.2. The third kappa shape index (κ3) is 7.21. The molecule has 0 spiro atoms. The van der Waals surface area contributed by atoms with Crippen LogP contribution < -0.4 is 27.0 Å². The molecule has 4 N–H and O–H groups in total. The fourth-order valence-corrected chi connectivity index (χ4v) is 4.39. The Morgan fingerprint density at radius 3 is 2.20 bits per heavy atom. The minimum Gasteiger partial charge on any atom is -0.497 e. The van der Waals surface area contributed by atoms with Crippen LogP contribution in [0.4, 0.5) is 0 Å². The molecule has 12 nitrogen and oxygen atoms in total. The smallest absolute Gasteiger partial charge is 0.340 e. The molecular formula is C32H34N4O8. The van der Waals surface area contributed by atoms with Crippen molar-refractivity contribution in [1.82, 2.24) is 14.9 Å². The molecule has 0 saturated heterocycles. The molecule has 0 fully saturated rings. The highest BCUT2D eigenvalue weighted by Crippen LogP contribution is 2.18. The molecule has 2 atom stereocenters. The van der Waals surface area contributed by atoms with Gasteiger partial charge in [0.2, 0.25) is 6.79 Å². The second-order valence-corrected chi connectivity index (χ2v) is 10.5. The normalized spacial score (nSPS) is 12.4. The van der Waals surface area contributed by atoms with Gasteiger partial charge < -0.3 is 30.2 Å². The van der Waals surface area contributed by atoms with Crippen LogP contribution in [-0.2, 0) is 20.8 Å². The van der Waals surface area contributed by atoms with Gasteiger partial charge in [0.15, 0.2) is 0 Å². The van der Waals surface area contributed by atoms with Gasteiger partial charge in [-0.2, -0.15) is 0 Å². The first-order valence-corrected chi connectivity index (χ1v) is 13.9. The minimum absolute atomic E-state index is 0.132. The summed E-state index contributed by atoms with van der Waals surface area (Å²) in [6, 6.07) is 16.3. The van der Waals surface area contributed by atoms with Crippen molar-refractivity contribution in [3.63, 3.8) is 0 Å². The van der Waals surface area contributed by atoms with Gasteiger partial charge in [-0.25, -0.2) is 9.59 Å². The highest BCUT2D eigenvalue weighted by atomic mass is 16.7. The molecule has 44 heavy (non-hydrogen) atoms. The second-order valence-electron chi connectivity index (χ2n) is 10.5. The number of amides is 1. The van der Waals surface area contributed by atoms with E-state index in [9.17, 15) is 24.0 Å². The van der Waals surface area contributed by atoms with E-state index in [1.807, 2.05) is 12.1 Å². The van der Waals surface area contributed by atoms with Crippen molar-refractivity contribution >= 4 is 28.7 Å². The number of H-pyrrole nitrogens is 1. The first kappa shape index (κ1) is 31.7. The van der Waals surface area contributed by atoms with Crippen LogP contribution in [0.2, 0.25) is 0 Å². The Morgan fingerprint density at radius 2 is 1.57 bits per heavy atom. The van der Waals surface area contributed by atoms with Crippen LogP contribution >= 0.6 is 0 Å². The van der Waals surface area contributed by atoms with Gasteiger partial charge in [0, 0.05) is 12.1 Å². The SMILES string of the molecule is COc1ccc(CNC(=O)c2ccc3[nH]c(=O)n(C(C)c4ccc(C(=O)OCOC(=O)C(N)C(C)C)cc4)c(=O)c3c2)cc1. The number of nitrogens with one attached hydrogen (secondary N) is 2. The largest absolute Gasteiger partial charge is 0.497 e. The van der Waals surface area contributed by atoms with E-state index in [-0.39, 0.29) is 34.9 Å². The number of fused-ring (bicyclic) bond motifs is 1. The maximum atomic E-state index is 13.5. The molecule has 2 unspecified atom stereocenters. The number of nitrogens with zero attached hydrogens (tertiary/aromatic N) is 1. The van der Waals surface area contributed by atoms with Crippen molar-refractivity contribution < 1.29 is 28.6 Å². The number of carbonyl (C=O) groups is 3. The van der Waals surface area contributed by atoms with E-state index in [0.717, 1.165) is 10.1 Å². The second kappa shape index (κ2) is 13.8. The van der Waals surface area contributed by atoms with E-state index >= 15 is 0 Å². The Morgan fingerprint density at radius 1 is 0.909 bits per heavy atom. The average molecular weight is 603 g/mol. The lowest BCUT2D eigenvalue weighted by molar-refractivity contribution is -0.154. The fourth-order valence-electron chi connectivity index (χ4n) is 4.39. The molecule has 1 amide bonds. The quantitative estimate of drug-likeness (QED) is 0.172. The summed E-state index contributed by atoms with van der Waals surface area (Å²) in [5, 5.41) is 2.99. The van der Waals surface area contributed by atoms with Gasteiger partial charge in [-0.3, -0.25) is 19.0 Å². The molecule has 0 aliphatic rings. The molecule has 3 aromatic carbocycles. The van der Waals surface area contributed by atoms with E-state index in [4.69, 9.17) is 19.9 Å². The number of ether oxygens (including phenoxy) is 3. The maximum Gasteiger partial charge on any atom is 0.340 e. The lowest BCUT2D eigenvalue weighted by Crippen LogP contribution is -2.37. The van der Waals surface area contributed by atoms with Crippen molar-refractivity contribution in [2.24, 2.45) is 11.7 Å². The summed E-state index contributed by atoms with van der Waals surface area (Å²) in [5.41, 5.74) is 6.67. The molecule has 0 saturated carbocycles. The van der Waals surface area contributed by atoms with Crippen molar-refractivity contribution in [2.45, 2.75) is 39.4 Å². The third-order valence-electron chi connectivity index (χ3n) is 7.20. The topological polar surface area (TPSA) is 172 Å². The van der Waals surface area contributed by atoms with E-state index < -0.39 is 42.1 Å². The predicted molar refractivity (Wildman–Crippen MR) is 162 cm³/mol. The van der Waals surface area contributed by atoms with Crippen LogP contribution in [-0.4, -0.2) is 47.3 Å². The van der Waals surface area contributed by atoms with Crippen LogP contribution in [0.25, 0.3) is 10.9 Å². The summed E-state index contributed by atoms with van der Waals surface area (Å²) in [6.07, 6.45) is 0. The zero-order valence-corrected chi connectivity index (χ0v) is 24.8. The molecule has 0 aliphatic heterocycles. The number of aromatic nitrogens is 2. The van der Waals surface area contributed by atoms with E-state index in [0.29, 0.717) is 16.8 Å². The van der Waals surface area contributed by atoms with Gasteiger partial charge in [0.05, 0.1) is 29.6 Å². The number of aromatic amines is 1. The summed E-state index contributed by atoms with van der Waals surface area (Å²) < 4.78 is 16.1. The molecule has 4 aromatic rings. The number of benzene rings is 3. The Balaban J connectivity index is 1.47. The Kier molecular flexibility index (Phi) is 9.96. The van der Waals surface area contributed by atoms with Gasteiger partial charge in [0.1, 0.15) is 11.8 Å². The number of esters is 2. The molecule has 1 aromatic heterocycles. The van der Waals surface area contributed by atoms with Crippen molar-refractivity contribution in [2.75, 3.05) is 13.9 Å². The number of carbonyl (C=O) groups excluding carboxylic acids is 3. The van der Waals surface area contributed by atoms with E-state index in [2.05, 4.69) is 10.3 Å². The standard InChI is InChI=1S/C32H34N4O8/c1-18(2)27(33)31(40)44-17-43-30(39)22-9-7-21(8-10-22)19(3)36-29(38)25-15-23(11-14-26(25)35-32(36)41)28(37)34-16-20-5-12-24(42-4)13-6-20/h5-15,18-19,27H,16-17,33H2,1-4H3,(H,34,37)(H,35,41). The van der Waals surface area contributed by atoms with Gasteiger partial charge >= 0.3 is 17.6 Å².